The number of unbranched alkanes of at least 4 members (excludes halogenated alkanes) is 2. The Morgan fingerprint density at radius 2 is 2.31 bits per heavy atom. The predicted molar refractivity (Wildman–Crippen MR) is 60.5 cm³/mol. The van der Waals surface area contributed by atoms with E-state index in [0.717, 1.165) is 24.2 Å². The molecule has 0 saturated carbocycles. The number of hydrogen-bond donors (Lipinski definition) is 0. The number of nitrogens with zero attached hydrogens (tertiary/aromatic N) is 1. The van der Waals surface area contributed by atoms with Crippen molar-refractivity contribution < 1.29 is 0 Å². The lowest BCUT2D eigenvalue weighted by atomic mass is 10.1. The highest BCUT2D eigenvalue weighted by Crippen LogP contribution is 2.13. The smallest absolute Gasteiger partial charge is 0.0952 e. The molecule has 0 unspecified atom stereocenters. The highest BCUT2D eigenvalue weighted by atomic mass is 32.2. The molecule has 0 aliphatic rings. The molecule has 72 valence electrons. The van der Waals surface area contributed by atoms with E-state index in [2.05, 4.69) is 19.6 Å². The first-order valence-electron chi connectivity index (χ1n) is 4.66. The van der Waals surface area contributed by atoms with Gasteiger partial charge in [-0.25, -0.2) is 0 Å². The lowest BCUT2D eigenvalue weighted by molar-refractivity contribution is 0.721. The van der Waals surface area contributed by atoms with Crippen LogP contribution in [0, 0.1) is 11.3 Å². The minimum Gasteiger partial charge on any atom is -0.193 e. The van der Waals surface area contributed by atoms with Crippen LogP contribution in [-0.4, -0.2) is 5.75 Å². The molecule has 0 saturated heterocycles. The molecule has 0 fully saturated rings. The summed E-state index contributed by atoms with van der Waals surface area (Å²) in [5.74, 6) is 0.888. The molecule has 0 radical (unpaired) electrons. The van der Waals surface area contributed by atoms with Crippen molar-refractivity contribution in [3.8, 4) is 6.07 Å². The van der Waals surface area contributed by atoms with Crippen molar-refractivity contribution in [1.29, 1.82) is 5.26 Å². The number of hydrogen-bond acceptors (Lipinski definition) is 2. The SMILES string of the molecule is C=CCS/C=C(/C#N)CCCCC. The fraction of sp³-hybridized carbons (Fsp3) is 0.545. The molecule has 0 aliphatic heterocycles. The maximum absolute atomic E-state index is 8.77. The van der Waals surface area contributed by atoms with Crippen molar-refractivity contribution in [3.63, 3.8) is 0 Å². The largest absolute Gasteiger partial charge is 0.193 e. The van der Waals surface area contributed by atoms with Gasteiger partial charge >= 0.3 is 0 Å². The van der Waals surface area contributed by atoms with Gasteiger partial charge in [0.15, 0.2) is 0 Å². The van der Waals surface area contributed by atoms with E-state index in [1.165, 1.54) is 12.8 Å². The van der Waals surface area contributed by atoms with Crippen LogP contribution in [0.4, 0.5) is 0 Å². The average molecular weight is 195 g/mol. The topological polar surface area (TPSA) is 23.8 Å². The first kappa shape index (κ1) is 12.3. The van der Waals surface area contributed by atoms with Crippen LogP contribution in [0.5, 0.6) is 0 Å². The zero-order chi connectivity index (χ0) is 9.94. The minimum absolute atomic E-state index is 0.888. The van der Waals surface area contributed by atoms with E-state index < -0.39 is 0 Å². The van der Waals surface area contributed by atoms with Crippen molar-refractivity contribution in [3.05, 3.63) is 23.6 Å². The Morgan fingerprint density at radius 3 is 2.85 bits per heavy atom. The predicted octanol–water partition coefficient (Wildman–Crippen LogP) is 3.89. The van der Waals surface area contributed by atoms with E-state index in [9.17, 15) is 0 Å². The van der Waals surface area contributed by atoms with Gasteiger partial charge in [-0.2, -0.15) is 5.26 Å². The molecule has 2 heteroatoms. The summed E-state index contributed by atoms with van der Waals surface area (Å²) < 4.78 is 0. The molecule has 0 amide bonds. The summed E-state index contributed by atoms with van der Waals surface area (Å²) in [6.07, 6.45) is 6.32. The molecule has 0 N–H and O–H groups in total. The molecular weight excluding hydrogens is 178 g/mol. The third kappa shape index (κ3) is 7.67. The van der Waals surface area contributed by atoms with E-state index in [1.807, 2.05) is 11.5 Å². The van der Waals surface area contributed by atoms with E-state index in [4.69, 9.17) is 5.26 Å². The van der Waals surface area contributed by atoms with E-state index in [0.29, 0.717) is 0 Å². The second kappa shape index (κ2) is 9.41. The lowest BCUT2D eigenvalue weighted by Gasteiger charge is -1.96. The third-order valence-electron chi connectivity index (χ3n) is 1.63. The maximum atomic E-state index is 8.77. The number of thioether (sulfide) groups is 1. The van der Waals surface area contributed by atoms with Crippen LogP contribution in [0.15, 0.2) is 23.6 Å². The number of allylic oxidation sites excluding steroid dienone is 1. The maximum Gasteiger partial charge on any atom is 0.0952 e. The summed E-state index contributed by atoms with van der Waals surface area (Å²) in [7, 11) is 0. The van der Waals surface area contributed by atoms with Gasteiger partial charge < -0.3 is 0 Å². The van der Waals surface area contributed by atoms with E-state index >= 15 is 0 Å². The van der Waals surface area contributed by atoms with Crippen molar-refractivity contribution in [1.82, 2.24) is 0 Å². The van der Waals surface area contributed by atoms with E-state index in [-0.39, 0.29) is 0 Å². The second-order valence-corrected chi connectivity index (χ2v) is 3.74. The van der Waals surface area contributed by atoms with Crippen LogP contribution >= 0.6 is 11.8 Å². The third-order valence-corrected chi connectivity index (χ3v) is 2.51. The van der Waals surface area contributed by atoms with Gasteiger partial charge in [-0.05, 0) is 18.2 Å². The molecular formula is C11H17NS. The molecule has 0 atom stereocenters. The van der Waals surface area contributed by atoms with Crippen LogP contribution in [0.25, 0.3) is 0 Å². The molecule has 0 aromatic carbocycles. The normalized spacial score (nSPS) is 10.9. The molecule has 13 heavy (non-hydrogen) atoms. The van der Waals surface area contributed by atoms with Gasteiger partial charge in [-0.3, -0.25) is 0 Å². The zero-order valence-corrected chi connectivity index (χ0v) is 9.07. The Balaban J connectivity index is 3.68. The summed E-state index contributed by atoms with van der Waals surface area (Å²) in [5, 5.41) is 10.7. The van der Waals surface area contributed by atoms with Gasteiger partial charge in [0.2, 0.25) is 0 Å². The Labute approximate surface area is 85.5 Å². The molecule has 0 aromatic heterocycles. The van der Waals surface area contributed by atoms with Crippen molar-refractivity contribution in [2.75, 3.05) is 5.75 Å². The van der Waals surface area contributed by atoms with Crippen molar-refractivity contribution >= 4 is 11.8 Å². The Kier molecular flexibility index (Phi) is 8.92. The lowest BCUT2D eigenvalue weighted by Crippen LogP contribution is -1.80. The Bertz CT molecular complexity index is 201. The fourth-order valence-corrected chi connectivity index (χ4v) is 1.53. The fourth-order valence-electron chi connectivity index (χ4n) is 0.923. The number of rotatable bonds is 7. The molecule has 0 bridgehead atoms. The standard InChI is InChI=1S/C11H17NS/c1-3-5-6-7-11(9-12)10-13-8-4-2/h4,10H,2-3,5-8H2,1H3/b11-10+. The molecule has 1 nitrogen and oxygen atoms in total. The van der Waals surface area contributed by atoms with Gasteiger partial charge in [0.05, 0.1) is 6.07 Å². The van der Waals surface area contributed by atoms with Crippen molar-refractivity contribution in [2.45, 2.75) is 32.6 Å². The molecule has 0 rings (SSSR count). The van der Waals surface area contributed by atoms with Crippen LogP contribution in [0.3, 0.4) is 0 Å². The first-order chi connectivity index (χ1) is 6.35. The second-order valence-electron chi connectivity index (χ2n) is 2.83. The van der Waals surface area contributed by atoms with Gasteiger partial charge in [0.1, 0.15) is 0 Å². The molecule has 0 spiro atoms. The monoisotopic (exact) mass is 195 g/mol. The van der Waals surface area contributed by atoms with Gasteiger partial charge in [-0.15, -0.1) is 18.3 Å². The van der Waals surface area contributed by atoms with Crippen LogP contribution in [-0.2, 0) is 0 Å². The first-order valence-corrected chi connectivity index (χ1v) is 5.71. The highest BCUT2D eigenvalue weighted by Gasteiger charge is 1.94. The molecule has 0 aliphatic carbocycles. The summed E-state index contributed by atoms with van der Waals surface area (Å²) in [5.41, 5.74) is 0.903. The molecule has 0 heterocycles. The van der Waals surface area contributed by atoms with Gasteiger partial charge in [0, 0.05) is 11.3 Å². The highest BCUT2D eigenvalue weighted by molar-refractivity contribution is 8.02. The quantitative estimate of drug-likeness (QED) is 0.349. The summed E-state index contributed by atoms with van der Waals surface area (Å²) in [6, 6.07) is 2.23. The summed E-state index contributed by atoms with van der Waals surface area (Å²) >= 11 is 1.64. The average Bonchev–Trinajstić information content (AvgIpc) is 2.16. The summed E-state index contributed by atoms with van der Waals surface area (Å²) in [4.78, 5) is 0. The van der Waals surface area contributed by atoms with Crippen LogP contribution in [0.1, 0.15) is 32.6 Å². The zero-order valence-electron chi connectivity index (χ0n) is 8.25. The van der Waals surface area contributed by atoms with E-state index in [1.54, 1.807) is 11.8 Å². The Hall–Kier alpha value is -0.680. The summed E-state index contributed by atoms with van der Waals surface area (Å²) in [6.45, 7) is 5.79. The molecule has 0 aromatic rings. The minimum atomic E-state index is 0.888. The van der Waals surface area contributed by atoms with Crippen molar-refractivity contribution in [2.24, 2.45) is 0 Å². The Morgan fingerprint density at radius 1 is 1.54 bits per heavy atom. The number of nitriles is 1. The van der Waals surface area contributed by atoms with Crippen LogP contribution < -0.4 is 0 Å². The van der Waals surface area contributed by atoms with Crippen LogP contribution in [0.2, 0.25) is 0 Å². The van der Waals surface area contributed by atoms with Gasteiger partial charge in [0.25, 0.3) is 0 Å². The van der Waals surface area contributed by atoms with Gasteiger partial charge in [-0.1, -0.05) is 25.8 Å².